The molecule has 0 bridgehead atoms. The Morgan fingerprint density at radius 3 is 2.27 bits per heavy atom. The molecule has 3 aliphatic rings. The minimum atomic E-state index is 0.0620. The molecule has 0 unspecified atom stereocenters. The normalized spacial score (nSPS) is 25.0. The predicted octanol–water partition coefficient (Wildman–Crippen LogP) is 3.17. The van der Waals surface area contributed by atoms with Crippen LogP contribution in [0, 0.1) is 11.8 Å². The molecule has 1 aromatic heterocycles. The van der Waals surface area contributed by atoms with Gasteiger partial charge in [-0.2, -0.15) is 0 Å². The van der Waals surface area contributed by atoms with Gasteiger partial charge >= 0.3 is 0 Å². The van der Waals surface area contributed by atoms with E-state index >= 15 is 0 Å². The van der Waals surface area contributed by atoms with Crippen molar-refractivity contribution in [3.05, 3.63) is 30.1 Å². The van der Waals surface area contributed by atoms with Gasteiger partial charge in [0.1, 0.15) is 0 Å². The lowest BCUT2D eigenvalue weighted by Crippen LogP contribution is -2.45. The van der Waals surface area contributed by atoms with Gasteiger partial charge < -0.3 is 9.80 Å². The highest BCUT2D eigenvalue weighted by Crippen LogP contribution is 2.34. The minimum absolute atomic E-state index is 0.0620. The van der Waals surface area contributed by atoms with Crippen LogP contribution >= 0.6 is 0 Å². The monoisotopic (exact) mass is 355 g/mol. The SMILES string of the molecule is O=C(C1CCCC1)N1CCC(C(=O)N2CCC[C@H]2c2ccccn2)CC1. The van der Waals surface area contributed by atoms with Gasteiger partial charge in [0, 0.05) is 37.7 Å². The van der Waals surface area contributed by atoms with Crippen LogP contribution in [-0.2, 0) is 9.59 Å². The smallest absolute Gasteiger partial charge is 0.226 e. The van der Waals surface area contributed by atoms with Crippen LogP contribution in [0.2, 0.25) is 0 Å². The predicted molar refractivity (Wildman–Crippen MR) is 99.2 cm³/mol. The summed E-state index contributed by atoms with van der Waals surface area (Å²) in [6.07, 6.45) is 9.96. The summed E-state index contributed by atoms with van der Waals surface area (Å²) in [5.41, 5.74) is 1.01. The fourth-order valence-corrected chi connectivity index (χ4v) is 4.92. The van der Waals surface area contributed by atoms with E-state index in [4.69, 9.17) is 0 Å². The van der Waals surface area contributed by atoms with Crippen LogP contribution < -0.4 is 0 Å². The van der Waals surface area contributed by atoms with Crippen LogP contribution in [0.3, 0.4) is 0 Å². The number of nitrogens with zero attached hydrogens (tertiary/aromatic N) is 3. The van der Waals surface area contributed by atoms with Crippen molar-refractivity contribution in [2.45, 2.75) is 57.4 Å². The summed E-state index contributed by atoms with van der Waals surface area (Å²) in [4.78, 5) is 34.2. The largest absolute Gasteiger partial charge is 0.342 e. The Hall–Kier alpha value is -1.91. The Balaban J connectivity index is 1.35. The number of carbonyl (C=O) groups excluding carboxylic acids is 2. The summed E-state index contributed by atoms with van der Waals surface area (Å²) < 4.78 is 0. The first-order valence-electron chi connectivity index (χ1n) is 10.2. The molecular weight excluding hydrogens is 326 g/mol. The second-order valence-electron chi connectivity index (χ2n) is 8.03. The van der Waals surface area contributed by atoms with E-state index in [-0.39, 0.29) is 23.8 Å². The zero-order chi connectivity index (χ0) is 17.9. The zero-order valence-corrected chi connectivity index (χ0v) is 15.5. The summed E-state index contributed by atoms with van der Waals surface area (Å²) >= 11 is 0. The first-order chi connectivity index (χ1) is 12.7. The van der Waals surface area contributed by atoms with Gasteiger partial charge in [-0.05, 0) is 50.7 Å². The lowest BCUT2D eigenvalue weighted by Gasteiger charge is -2.35. The molecule has 2 saturated heterocycles. The van der Waals surface area contributed by atoms with Gasteiger partial charge in [0.25, 0.3) is 0 Å². The van der Waals surface area contributed by atoms with Crippen molar-refractivity contribution in [3.63, 3.8) is 0 Å². The van der Waals surface area contributed by atoms with Gasteiger partial charge in [0.15, 0.2) is 0 Å². The van der Waals surface area contributed by atoms with Gasteiger partial charge in [-0.1, -0.05) is 18.9 Å². The maximum atomic E-state index is 13.1. The molecule has 2 amide bonds. The lowest BCUT2D eigenvalue weighted by molar-refractivity contribution is -0.143. The van der Waals surface area contributed by atoms with Gasteiger partial charge in [-0.15, -0.1) is 0 Å². The second-order valence-corrected chi connectivity index (χ2v) is 8.03. The standard InChI is InChI=1S/C21H29N3O2/c25-20(16-6-1-2-7-16)23-14-10-17(11-15-23)21(26)24-13-5-9-19(24)18-8-3-4-12-22-18/h3-4,8,12,16-17,19H,1-2,5-7,9-11,13-15H2/t19-/m0/s1. The van der Waals surface area contributed by atoms with Gasteiger partial charge in [-0.3, -0.25) is 14.6 Å². The summed E-state index contributed by atoms with van der Waals surface area (Å²) in [5, 5.41) is 0. The van der Waals surface area contributed by atoms with E-state index in [0.29, 0.717) is 5.91 Å². The number of carbonyl (C=O) groups is 2. The molecule has 1 atom stereocenters. The van der Waals surface area contributed by atoms with Crippen molar-refractivity contribution in [2.75, 3.05) is 19.6 Å². The molecule has 0 N–H and O–H groups in total. The van der Waals surface area contributed by atoms with Crippen molar-refractivity contribution in [2.24, 2.45) is 11.8 Å². The van der Waals surface area contributed by atoms with Gasteiger partial charge in [0.05, 0.1) is 11.7 Å². The number of hydrogen-bond donors (Lipinski definition) is 0. The Labute approximate surface area is 155 Å². The highest BCUT2D eigenvalue weighted by atomic mass is 16.2. The second kappa shape index (κ2) is 7.77. The fourth-order valence-electron chi connectivity index (χ4n) is 4.92. The van der Waals surface area contributed by atoms with Crippen molar-refractivity contribution in [3.8, 4) is 0 Å². The van der Waals surface area contributed by atoms with Crippen molar-refractivity contribution < 1.29 is 9.59 Å². The molecule has 0 aromatic carbocycles. The van der Waals surface area contributed by atoms with Crippen LogP contribution in [-0.4, -0.2) is 46.2 Å². The quantitative estimate of drug-likeness (QED) is 0.837. The first kappa shape index (κ1) is 17.5. The Morgan fingerprint density at radius 1 is 0.846 bits per heavy atom. The van der Waals surface area contributed by atoms with Crippen molar-refractivity contribution in [1.29, 1.82) is 0 Å². The summed E-state index contributed by atoms with van der Waals surface area (Å²) in [6.45, 7) is 2.32. The molecule has 0 radical (unpaired) electrons. The molecule has 4 rings (SSSR count). The van der Waals surface area contributed by atoms with Gasteiger partial charge in [-0.25, -0.2) is 0 Å². The number of rotatable bonds is 3. The van der Waals surface area contributed by atoms with Gasteiger partial charge in [0.2, 0.25) is 11.8 Å². The number of pyridine rings is 1. The highest BCUT2D eigenvalue weighted by molar-refractivity contribution is 5.81. The third-order valence-corrected chi connectivity index (χ3v) is 6.43. The number of amides is 2. The molecule has 26 heavy (non-hydrogen) atoms. The van der Waals surface area contributed by atoms with E-state index in [9.17, 15) is 9.59 Å². The van der Waals surface area contributed by atoms with Crippen molar-refractivity contribution in [1.82, 2.24) is 14.8 Å². The molecule has 1 saturated carbocycles. The molecular formula is C21H29N3O2. The fraction of sp³-hybridized carbons (Fsp3) is 0.667. The number of hydrogen-bond acceptors (Lipinski definition) is 3. The van der Waals surface area contributed by atoms with Crippen LogP contribution in [0.4, 0.5) is 0 Å². The number of likely N-dealkylation sites (tertiary alicyclic amines) is 2. The molecule has 5 heteroatoms. The van der Waals surface area contributed by atoms with Crippen LogP contribution in [0.25, 0.3) is 0 Å². The van der Waals surface area contributed by atoms with E-state index in [2.05, 4.69) is 4.98 Å². The Kier molecular flexibility index (Phi) is 5.23. The molecule has 1 aliphatic carbocycles. The third kappa shape index (κ3) is 3.49. The summed E-state index contributed by atoms with van der Waals surface area (Å²) in [5.74, 6) is 0.911. The molecule has 2 aliphatic heterocycles. The van der Waals surface area contributed by atoms with E-state index in [1.165, 1.54) is 12.8 Å². The van der Waals surface area contributed by atoms with Crippen LogP contribution in [0.1, 0.15) is 63.1 Å². The zero-order valence-electron chi connectivity index (χ0n) is 15.5. The highest BCUT2D eigenvalue weighted by Gasteiger charge is 2.37. The summed E-state index contributed by atoms with van der Waals surface area (Å²) in [6, 6.07) is 6.07. The lowest BCUT2D eigenvalue weighted by atomic mass is 9.93. The minimum Gasteiger partial charge on any atom is -0.342 e. The molecule has 0 spiro atoms. The van der Waals surface area contributed by atoms with Crippen molar-refractivity contribution >= 4 is 11.8 Å². The van der Waals surface area contributed by atoms with E-state index in [1.807, 2.05) is 34.2 Å². The number of aromatic nitrogens is 1. The number of piperidine rings is 1. The Bertz CT molecular complexity index is 634. The first-order valence-corrected chi connectivity index (χ1v) is 10.2. The average Bonchev–Trinajstić information content (AvgIpc) is 3.39. The average molecular weight is 355 g/mol. The third-order valence-electron chi connectivity index (χ3n) is 6.43. The maximum absolute atomic E-state index is 13.1. The molecule has 3 heterocycles. The van der Waals surface area contributed by atoms with E-state index in [1.54, 1.807) is 0 Å². The molecule has 3 fully saturated rings. The van der Waals surface area contributed by atoms with E-state index < -0.39 is 0 Å². The maximum Gasteiger partial charge on any atom is 0.226 e. The molecule has 1 aromatic rings. The Morgan fingerprint density at radius 2 is 1.58 bits per heavy atom. The summed E-state index contributed by atoms with van der Waals surface area (Å²) in [7, 11) is 0. The molecule has 140 valence electrons. The topological polar surface area (TPSA) is 53.5 Å². The molecule has 5 nitrogen and oxygen atoms in total. The van der Waals surface area contributed by atoms with Crippen LogP contribution in [0.15, 0.2) is 24.4 Å². The van der Waals surface area contributed by atoms with E-state index in [0.717, 1.165) is 63.9 Å². The van der Waals surface area contributed by atoms with Crippen LogP contribution in [0.5, 0.6) is 0 Å².